The first-order valence-corrected chi connectivity index (χ1v) is 11.0. The fraction of sp³-hybridized carbons (Fsp3) is 0.222. The maximum atomic E-state index is 12.7. The first-order valence-electron chi connectivity index (χ1n) is 11.0. The number of nitrogens with zero attached hydrogens (tertiary/aromatic N) is 2. The Kier molecular flexibility index (Phi) is 4.42. The van der Waals surface area contributed by atoms with Gasteiger partial charge in [-0.15, -0.1) is 0 Å². The van der Waals surface area contributed by atoms with Gasteiger partial charge in [-0.1, -0.05) is 54.6 Å². The van der Waals surface area contributed by atoms with Crippen molar-refractivity contribution < 1.29 is 14.3 Å². The Bertz CT molecular complexity index is 1240. The van der Waals surface area contributed by atoms with Crippen molar-refractivity contribution in [2.45, 2.75) is 13.0 Å². The van der Waals surface area contributed by atoms with Crippen molar-refractivity contribution in [3.05, 3.63) is 90.0 Å². The Morgan fingerprint density at radius 2 is 1.56 bits per heavy atom. The normalized spacial score (nSPS) is 25.9. The molecule has 158 valence electrons. The van der Waals surface area contributed by atoms with Crippen LogP contribution in [-0.4, -0.2) is 23.0 Å². The molecule has 3 aromatic carbocycles. The van der Waals surface area contributed by atoms with Crippen LogP contribution in [-0.2, 0) is 16.2 Å². The van der Waals surface area contributed by atoms with Gasteiger partial charge in [0, 0.05) is 0 Å². The minimum absolute atomic E-state index is 0.164. The summed E-state index contributed by atoms with van der Waals surface area (Å²) in [6, 6.07) is 22.0. The number of fused-ring (bicyclic) bond motifs is 6. The SMILES string of the molecule is O=C1[C@@H]2[C@@H](C(=O)N1/N=C\c1ccc(OCc3cccc4ccccc34)cc1)[C@H]1C=C[C@H]2C1. The Labute approximate surface area is 186 Å². The van der Waals surface area contributed by atoms with Gasteiger partial charge in [0.15, 0.2) is 0 Å². The summed E-state index contributed by atoms with van der Waals surface area (Å²) in [5.74, 6) is 0.366. The second-order valence-electron chi connectivity index (χ2n) is 8.73. The van der Waals surface area contributed by atoms with Crippen LogP contribution in [0.25, 0.3) is 10.8 Å². The van der Waals surface area contributed by atoms with Crippen LogP contribution in [0.3, 0.4) is 0 Å². The molecule has 3 aliphatic rings. The van der Waals surface area contributed by atoms with E-state index in [-0.39, 0.29) is 35.5 Å². The zero-order valence-corrected chi connectivity index (χ0v) is 17.4. The molecule has 2 fully saturated rings. The van der Waals surface area contributed by atoms with Gasteiger partial charge in [-0.05, 0) is 64.4 Å². The third-order valence-electron chi connectivity index (χ3n) is 6.92. The van der Waals surface area contributed by atoms with Gasteiger partial charge in [-0.3, -0.25) is 9.59 Å². The van der Waals surface area contributed by atoms with Crippen molar-refractivity contribution in [3.8, 4) is 5.75 Å². The molecule has 2 amide bonds. The van der Waals surface area contributed by atoms with Crippen molar-refractivity contribution in [2.24, 2.45) is 28.8 Å². The van der Waals surface area contributed by atoms with Crippen LogP contribution in [0.15, 0.2) is 84.0 Å². The molecule has 32 heavy (non-hydrogen) atoms. The number of benzene rings is 3. The van der Waals surface area contributed by atoms with Gasteiger partial charge in [0.2, 0.25) is 0 Å². The van der Waals surface area contributed by atoms with Crippen molar-refractivity contribution in [3.63, 3.8) is 0 Å². The number of ether oxygens (including phenoxy) is 1. The maximum absolute atomic E-state index is 12.7. The maximum Gasteiger partial charge on any atom is 0.254 e. The molecule has 1 saturated carbocycles. The van der Waals surface area contributed by atoms with Crippen molar-refractivity contribution >= 4 is 28.8 Å². The number of hydrogen-bond donors (Lipinski definition) is 0. The lowest BCUT2D eigenvalue weighted by Crippen LogP contribution is -2.28. The summed E-state index contributed by atoms with van der Waals surface area (Å²) in [6.07, 6.45) is 6.66. The van der Waals surface area contributed by atoms with E-state index in [0.717, 1.165) is 28.3 Å². The van der Waals surface area contributed by atoms with Gasteiger partial charge in [0.25, 0.3) is 11.8 Å². The van der Waals surface area contributed by atoms with E-state index in [1.54, 1.807) is 6.21 Å². The van der Waals surface area contributed by atoms with Gasteiger partial charge in [0.1, 0.15) is 12.4 Å². The number of carbonyl (C=O) groups is 2. The summed E-state index contributed by atoms with van der Waals surface area (Å²) >= 11 is 0. The smallest absolute Gasteiger partial charge is 0.254 e. The number of carbonyl (C=O) groups excluding carboxylic acids is 2. The van der Waals surface area contributed by atoms with E-state index in [2.05, 4.69) is 41.5 Å². The lowest BCUT2D eigenvalue weighted by Gasteiger charge is -2.13. The highest BCUT2D eigenvalue weighted by Crippen LogP contribution is 2.52. The van der Waals surface area contributed by atoms with E-state index in [1.807, 2.05) is 42.5 Å². The van der Waals surface area contributed by atoms with E-state index in [9.17, 15) is 9.59 Å². The van der Waals surface area contributed by atoms with Crippen LogP contribution < -0.4 is 4.74 Å². The Morgan fingerprint density at radius 3 is 2.31 bits per heavy atom. The van der Waals surface area contributed by atoms with Crippen molar-refractivity contribution in [1.29, 1.82) is 0 Å². The largest absolute Gasteiger partial charge is 0.489 e. The summed E-state index contributed by atoms with van der Waals surface area (Å²) in [5, 5.41) is 7.69. The predicted octanol–water partition coefficient (Wildman–Crippen LogP) is 4.56. The van der Waals surface area contributed by atoms with Gasteiger partial charge >= 0.3 is 0 Å². The molecule has 1 heterocycles. The quantitative estimate of drug-likeness (QED) is 0.344. The topological polar surface area (TPSA) is 59.0 Å². The predicted molar refractivity (Wildman–Crippen MR) is 122 cm³/mol. The lowest BCUT2D eigenvalue weighted by atomic mass is 9.85. The zero-order chi connectivity index (χ0) is 21.7. The number of rotatable bonds is 5. The monoisotopic (exact) mass is 422 g/mol. The average Bonchev–Trinajstić information content (AvgIpc) is 3.51. The van der Waals surface area contributed by atoms with Crippen LogP contribution >= 0.6 is 0 Å². The minimum atomic E-state index is -0.223. The molecule has 5 nitrogen and oxygen atoms in total. The Balaban J connectivity index is 1.12. The molecule has 0 aromatic heterocycles. The molecule has 6 rings (SSSR count). The number of hydrazone groups is 1. The van der Waals surface area contributed by atoms with Crippen LogP contribution in [0.5, 0.6) is 5.75 Å². The minimum Gasteiger partial charge on any atom is -0.489 e. The highest BCUT2D eigenvalue weighted by molar-refractivity contribution is 6.06. The van der Waals surface area contributed by atoms with Crippen LogP contribution in [0.2, 0.25) is 0 Å². The Morgan fingerprint density at radius 1 is 0.875 bits per heavy atom. The summed E-state index contributed by atoms with van der Waals surface area (Å²) in [5.41, 5.74) is 1.94. The van der Waals surface area contributed by atoms with Gasteiger partial charge in [-0.2, -0.15) is 10.1 Å². The van der Waals surface area contributed by atoms with Crippen molar-refractivity contribution in [2.75, 3.05) is 0 Å². The molecule has 0 unspecified atom stereocenters. The molecule has 4 atom stereocenters. The fourth-order valence-electron chi connectivity index (χ4n) is 5.35. The van der Waals surface area contributed by atoms with Crippen LogP contribution in [0, 0.1) is 23.7 Å². The van der Waals surface area contributed by atoms with Crippen molar-refractivity contribution in [1.82, 2.24) is 5.01 Å². The van der Waals surface area contributed by atoms with E-state index in [4.69, 9.17) is 4.74 Å². The molecular weight excluding hydrogens is 400 g/mol. The molecule has 3 aromatic rings. The second kappa shape index (κ2) is 7.45. The van der Waals surface area contributed by atoms with Gasteiger partial charge < -0.3 is 4.74 Å². The third-order valence-corrected chi connectivity index (χ3v) is 6.92. The van der Waals surface area contributed by atoms with Gasteiger partial charge in [-0.25, -0.2) is 0 Å². The number of amides is 2. The van der Waals surface area contributed by atoms with Gasteiger partial charge in [0.05, 0.1) is 18.1 Å². The van der Waals surface area contributed by atoms with Crippen LogP contribution in [0.1, 0.15) is 17.5 Å². The van der Waals surface area contributed by atoms with E-state index < -0.39 is 0 Å². The lowest BCUT2D eigenvalue weighted by molar-refractivity contribution is -0.140. The standard InChI is InChI=1S/C27H22N2O3/c30-26-24-19-10-11-20(14-19)25(24)27(31)29(26)28-15-17-8-12-22(13-9-17)32-16-21-6-3-5-18-4-1-2-7-23(18)21/h1-13,15,19-20,24-25H,14,16H2/b28-15-/t19-,20-,24-,25-/m0/s1. The zero-order valence-electron chi connectivity index (χ0n) is 17.4. The van der Waals surface area contributed by atoms with E-state index in [1.165, 1.54) is 10.8 Å². The molecule has 0 N–H and O–H groups in total. The first-order chi connectivity index (χ1) is 15.7. The Hall–Kier alpha value is -3.73. The van der Waals surface area contributed by atoms with E-state index in [0.29, 0.717) is 6.61 Å². The molecule has 2 aliphatic carbocycles. The fourth-order valence-corrected chi connectivity index (χ4v) is 5.35. The molecule has 1 aliphatic heterocycles. The second-order valence-corrected chi connectivity index (χ2v) is 8.73. The number of hydrogen-bond acceptors (Lipinski definition) is 4. The summed E-state index contributed by atoms with van der Waals surface area (Å²) in [7, 11) is 0. The third kappa shape index (κ3) is 3.04. The molecular formula is C27H22N2O3. The molecule has 1 saturated heterocycles. The number of allylic oxidation sites excluding steroid dienone is 2. The summed E-state index contributed by atoms with van der Waals surface area (Å²) in [4.78, 5) is 25.4. The average molecular weight is 422 g/mol. The molecule has 5 heteroatoms. The number of imide groups is 1. The van der Waals surface area contributed by atoms with Crippen LogP contribution in [0.4, 0.5) is 0 Å². The molecule has 0 radical (unpaired) electrons. The highest BCUT2D eigenvalue weighted by atomic mass is 16.5. The highest BCUT2D eigenvalue weighted by Gasteiger charge is 2.59. The van der Waals surface area contributed by atoms with E-state index >= 15 is 0 Å². The summed E-state index contributed by atoms with van der Waals surface area (Å²) in [6.45, 7) is 0.477. The molecule has 0 spiro atoms. The first kappa shape index (κ1) is 19.0. The molecule has 2 bridgehead atoms. The summed E-state index contributed by atoms with van der Waals surface area (Å²) < 4.78 is 5.98.